The van der Waals surface area contributed by atoms with Crippen LogP contribution in [0.5, 0.6) is 0 Å². The summed E-state index contributed by atoms with van der Waals surface area (Å²) in [6.45, 7) is 20.8. The van der Waals surface area contributed by atoms with Crippen LogP contribution in [-0.4, -0.2) is 82.8 Å². The molecule has 0 aromatic rings. The molecule has 0 aliphatic carbocycles. The molecule has 28 heavy (non-hydrogen) atoms. The monoisotopic (exact) mass is 458 g/mol. The third-order valence-electron chi connectivity index (χ3n) is 9.28. The van der Waals surface area contributed by atoms with E-state index in [1.54, 1.807) is 0 Å². The standard InChI is InChI=1S/C21H54BO3P3/c1-13-26(10,14-2,15-3)23-22(24-27(11,16-4,17-5)18-6)25-28(12,19-7,20-8)21-9/h13-21H2,1-12H3. The fourth-order valence-corrected chi connectivity index (χ4v) is 11.0. The second-order valence-electron chi connectivity index (χ2n) is 10.0. The number of hydrogen-bond acceptors (Lipinski definition) is 3. The van der Waals surface area contributed by atoms with Crippen molar-refractivity contribution in [3.05, 3.63) is 0 Å². The molecule has 0 spiro atoms. The van der Waals surface area contributed by atoms with Gasteiger partial charge in [0.2, 0.25) is 0 Å². The molecule has 3 nitrogen and oxygen atoms in total. The Morgan fingerprint density at radius 1 is 0.393 bits per heavy atom. The average Bonchev–Trinajstić information content (AvgIpc) is 2.74. The Morgan fingerprint density at radius 3 is 0.643 bits per heavy atom. The summed E-state index contributed by atoms with van der Waals surface area (Å²) < 4.78 is 21.2. The van der Waals surface area contributed by atoms with Crippen molar-refractivity contribution >= 4 is 27.8 Å². The third kappa shape index (κ3) is 6.14. The van der Waals surface area contributed by atoms with Crippen LogP contribution >= 0.6 is 20.5 Å². The van der Waals surface area contributed by atoms with Gasteiger partial charge in [-0.15, -0.1) is 0 Å². The molecule has 0 bridgehead atoms. The van der Waals surface area contributed by atoms with Crippen molar-refractivity contribution in [2.24, 2.45) is 0 Å². The van der Waals surface area contributed by atoms with Crippen LogP contribution in [0.2, 0.25) is 0 Å². The van der Waals surface area contributed by atoms with E-state index in [0.717, 1.165) is 55.5 Å². The zero-order valence-electron chi connectivity index (χ0n) is 21.5. The van der Waals surface area contributed by atoms with Crippen molar-refractivity contribution in [1.82, 2.24) is 0 Å². The van der Waals surface area contributed by atoms with E-state index < -0.39 is 27.8 Å². The first-order valence-electron chi connectivity index (χ1n) is 11.8. The van der Waals surface area contributed by atoms with E-state index >= 15 is 0 Å². The van der Waals surface area contributed by atoms with Crippen LogP contribution < -0.4 is 0 Å². The molecule has 0 radical (unpaired) electrons. The van der Waals surface area contributed by atoms with Crippen LogP contribution in [0.25, 0.3) is 0 Å². The summed E-state index contributed by atoms with van der Waals surface area (Å²) in [4.78, 5) is 0. The molecule has 0 fully saturated rings. The van der Waals surface area contributed by atoms with Gasteiger partial charge in [-0.05, 0) is 0 Å². The maximum absolute atomic E-state index is 7.08. The summed E-state index contributed by atoms with van der Waals surface area (Å²) >= 11 is 0. The van der Waals surface area contributed by atoms with E-state index in [0.29, 0.717) is 0 Å². The zero-order valence-corrected chi connectivity index (χ0v) is 24.2. The summed E-state index contributed by atoms with van der Waals surface area (Å²) in [6, 6.07) is 0. The molecule has 0 saturated heterocycles. The minimum absolute atomic E-state index is 0.521. The summed E-state index contributed by atoms with van der Waals surface area (Å²) in [6.07, 6.45) is 9.71. The molecule has 0 N–H and O–H groups in total. The van der Waals surface area contributed by atoms with Gasteiger partial charge in [0, 0.05) is 0 Å². The molecular formula is C21H54BO3P3. The Hall–Kier alpha value is 1.23. The fourth-order valence-electron chi connectivity index (χ4n) is 3.55. The second-order valence-corrected chi connectivity index (χ2v) is 29.5. The van der Waals surface area contributed by atoms with Crippen molar-refractivity contribution < 1.29 is 13.3 Å². The van der Waals surface area contributed by atoms with E-state index in [9.17, 15) is 0 Å². The van der Waals surface area contributed by atoms with Gasteiger partial charge in [0.05, 0.1) is 0 Å². The van der Waals surface area contributed by atoms with E-state index in [4.69, 9.17) is 13.3 Å². The molecule has 0 aliphatic rings. The van der Waals surface area contributed by atoms with E-state index in [1.807, 2.05) is 0 Å². The zero-order chi connectivity index (χ0) is 22.4. The van der Waals surface area contributed by atoms with E-state index in [-0.39, 0.29) is 0 Å². The number of rotatable bonds is 15. The van der Waals surface area contributed by atoms with Gasteiger partial charge >= 0.3 is 179 Å². The van der Waals surface area contributed by atoms with Gasteiger partial charge in [-0.3, -0.25) is 0 Å². The Kier molecular flexibility index (Phi) is 10.2. The molecule has 0 heterocycles. The van der Waals surface area contributed by atoms with Crippen LogP contribution in [0.15, 0.2) is 0 Å². The van der Waals surface area contributed by atoms with Crippen LogP contribution in [0.1, 0.15) is 62.3 Å². The van der Waals surface area contributed by atoms with Gasteiger partial charge in [-0.25, -0.2) is 0 Å². The molecule has 0 aliphatic heterocycles. The van der Waals surface area contributed by atoms with Crippen molar-refractivity contribution in [3.8, 4) is 0 Å². The van der Waals surface area contributed by atoms with Crippen molar-refractivity contribution in [2.45, 2.75) is 62.3 Å². The van der Waals surface area contributed by atoms with Crippen molar-refractivity contribution in [1.29, 1.82) is 0 Å². The van der Waals surface area contributed by atoms with Crippen LogP contribution in [0.3, 0.4) is 0 Å². The predicted octanol–water partition coefficient (Wildman–Crippen LogP) is 7.49. The Bertz CT molecular complexity index is 399. The molecule has 7 heteroatoms. The van der Waals surface area contributed by atoms with E-state index in [1.165, 1.54) is 0 Å². The fraction of sp³-hybridized carbons (Fsp3) is 1.00. The third-order valence-corrected chi connectivity index (χ3v) is 27.8. The van der Waals surface area contributed by atoms with Gasteiger partial charge in [-0.2, -0.15) is 0 Å². The quantitative estimate of drug-likeness (QED) is 0.188. The van der Waals surface area contributed by atoms with Crippen molar-refractivity contribution in [3.63, 3.8) is 0 Å². The van der Waals surface area contributed by atoms with Gasteiger partial charge in [0.25, 0.3) is 0 Å². The van der Waals surface area contributed by atoms with E-state index in [2.05, 4.69) is 82.3 Å². The Labute approximate surface area is 179 Å². The van der Waals surface area contributed by atoms with Gasteiger partial charge < -0.3 is 0 Å². The minimum atomic E-state index is -2.32. The molecular weight excluding hydrogens is 404 g/mol. The molecule has 0 aromatic carbocycles. The van der Waals surface area contributed by atoms with Crippen LogP contribution in [0.4, 0.5) is 0 Å². The predicted molar refractivity (Wildman–Crippen MR) is 142 cm³/mol. The van der Waals surface area contributed by atoms with Crippen LogP contribution in [0, 0.1) is 0 Å². The summed E-state index contributed by atoms with van der Waals surface area (Å²) in [7, 11) is -0.521. The first-order chi connectivity index (χ1) is 12.7. The maximum atomic E-state index is 7.08. The number of hydrogen-bond donors (Lipinski definition) is 0. The molecule has 174 valence electrons. The summed E-state index contributed by atoms with van der Waals surface area (Å²) in [5, 5.41) is 0. The topological polar surface area (TPSA) is 27.7 Å². The van der Waals surface area contributed by atoms with Gasteiger partial charge in [-0.1, -0.05) is 0 Å². The summed E-state index contributed by atoms with van der Waals surface area (Å²) in [5.41, 5.74) is 0. The Morgan fingerprint density at radius 2 is 0.536 bits per heavy atom. The van der Waals surface area contributed by atoms with Gasteiger partial charge in [0.1, 0.15) is 0 Å². The Balaban J connectivity index is 6.35. The first kappa shape index (κ1) is 29.2. The SMILES string of the molecule is CCP(C)(CC)(CC)OB(OP(C)(CC)(CC)CC)OP(C)(CC)(CC)CC. The molecule has 0 unspecified atom stereocenters. The van der Waals surface area contributed by atoms with Gasteiger partial charge in [0.15, 0.2) is 0 Å². The van der Waals surface area contributed by atoms with Crippen molar-refractivity contribution in [2.75, 3.05) is 75.5 Å². The molecule has 0 rings (SSSR count). The van der Waals surface area contributed by atoms with Crippen LogP contribution in [-0.2, 0) is 13.3 Å². The summed E-state index contributed by atoms with van der Waals surface area (Å²) in [5.74, 6) is 0. The molecule has 0 aromatic heterocycles. The second kappa shape index (κ2) is 9.80. The molecule has 0 saturated carbocycles. The first-order valence-corrected chi connectivity index (χ1v) is 21.3. The molecule has 0 atom stereocenters. The molecule has 0 amide bonds. The normalized spacial score (nSPS) is 17.8. The average molecular weight is 458 g/mol.